The van der Waals surface area contributed by atoms with E-state index < -0.39 is 5.82 Å². The van der Waals surface area contributed by atoms with Crippen LogP contribution in [0, 0.1) is 24.6 Å². The van der Waals surface area contributed by atoms with Gasteiger partial charge in [-0.05, 0) is 49.3 Å². The van der Waals surface area contributed by atoms with E-state index in [2.05, 4.69) is 13.8 Å². The number of halogens is 1. The van der Waals surface area contributed by atoms with E-state index in [0.29, 0.717) is 36.2 Å². The van der Waals surface area contributed by atoms with Crippen LogP contribution in [0.3, 0.4) is 0 Å². The smallest absolute Gasteiger partial charge is 0.256 e. The molecule has 2 N–H and O–H groups in total. The lowest BCUT2D eigenvalue weighted by Gasteiger charge is -2.34. The van der Waals surface area contributed by atoms with Crippen molar-refractivity contribution in [2.24, 2.45) is 11.8 Å². The average Bonchev–Trinajstić information content (AvgIpc) is 2.42. The quantitative estimate of drug-likeness (QED) is 0.844. The van der Waals surface area contributed by atoms with Gasteiger partial charge in [-0.25, -0.2) is 4.39 Å². The number of nitrogens with two attached hydrogens (primary N) is 1. The van der Waals surface area contributed by atoms with Crippen LogP contribution in [-0.4, -0.2) is 23.9 Å². The summed E-state index contributed by atoms with van der Waals surface area (Å²) in [7, 11) is 0. The van der Waals surface area contributed by atoms with Crippen molar-refractivity contribution in [3.05, 3.63) is 29.1 Å². The number of benzene rings is 1. The van der Waals surface area contributed by atoms with E-state index in [1.165, 1.54) is 6.07 Å². The van der Waals surface area contributed by atoms with Crippen molar-refractivity contribution in [3.8, 4) is 0 Å². The fraction of sp³-hybridized carbons (Fsp3) is 0.562. The maximum Gasteiger partial charge on any atom is 0.256 e. The normalized spacial score (nSPS) is 16.8. The summed E-state index contributed by atoms with van der Waals surface area (Å²) in [5, 5.41) is 0. The Morgan fingerprint density at radius 3 is 2.50 bits per heavy atom. The van der Waals surface area contributed by atoms with Gasteiger partial charge >= 0.3 is 0 Å². The number of hydrogen-bond donors (Lipinski definition) is 1. The molecular formula is C16H23FN2O. The zero-order valence-electron chi connectivity index (χ0n) is 12.4. The first kappa shape index (κ1) is 14.8. The zero-order chi connectivity index (χ0) is 14.9. The summed E-state index contributed by atoms with van der Waals surface area (Å²) in [5.74, 6) is 0.611. The minimum absolute atomic E-state index is 0.102. The minimum atomic E-state index is -0.449. The molecule has 0 spiro atoms. The molecule has 2 rings (SSSR count). The molecule has 0 aromatic heterocycles. The number of aryl methyl sites for hydroxylation is 1. The summed E-state index contributed by atoms with van der Waals surface area (Å²) in [6.07, 6.45) is 1.98. The molecule has 1 heterocycles. The molecule has 1 aliphatic rings. The number of anilines is 1. The first-order chi connectivity index (χ1) is 9.40. The second-order valence-electron chi connectivity index (χ2n) is 6.07. The van der Waals surface area contributed by atoms with Gasteiger partial charge in [0, 0.05) is 18.8 Å². The maximum absolute atomic E-state index is 14.1. The van der Waals surface area contributed by atoms with Crippen LogP contribution in [0.1, 0.15) is 42.6 Å². The van der Waals surface area contributed by atoms with Crippen LogP contribution in [0.2, 0.25) is 0 Å². The number of nitrogens with zero attached hydrogens (tertiary/aromatic N) is 1. The molecule has 1 aromatic rings. The van der Waals surface area contributed by atoms with Crippen LogP contribution in [0.25, 0.3) is 0 Å². The number of piperidine rings is 1. The Hall–Kier alpha value is -1.58. The van der Waals surface area contributed by atoms with Gasteiger partial charge in [0.15, 0.2) is 0 Å². The molecule has 1 fully saturated rings. The maximum atomic E-state index is 14.1. The SMILES string of the molecule is Cc1cc(N)cc(C(=O)N2CCC(C(C)C)CC2)c1F. The summed E-state index contributed by atoms with van der Waals surface area (Å²) in [5.41, 5.74) is 6.68. The van der Waals surface area contributed by atoms with Gasteiger partial charge in [0.25, 0.3) is 5.91 Å². The molecule has 1 aromatic carbocycles. The summed E-state index contributed by atoms with van der Waals surface area (Å²) in [4.78, 5) is 14.2. The molecule has 1 amide bonds. The molecule has 0 atom stereocenters. The fourth-order valence-electron chi connectivity index (χ4n) is 2.89. The van der Waals surface area contributed by atoms with Gasteiger partial charge in [0.2, 0.25) is 0 Å². The lowest BCUT2D eigenvalue weighted by Crippen LogP contribution is -2.40. The Morgan fingerprint density at radius 1 is 1.35 bits per heavy atom. The van der Waals surface area contributed by atoms with Crippen molar-refractivity contribution in [1.82, 2.24) is 4.90 Å². The standard InChI is InChI=1S/C16H23FN2O/c1-10(2)12-4-6-19(7-5-12)16(20)14-9-13(18)8-11(3)15(14)17/h8-10,12H,4-7,18H2,1-3H3. The van der Waals surface area contributed by atoms with E-state index in [0.717, 1.165) is 12.8 Å². The third-order valence-corrected chi connectivity index (χ3v) is 4.28. The van der Waals surface area contributed by atoms with Gasteiger partial charge in [0.1, 0.15) is 5.82 Å². The van der Waals surface area contributed by atoms with Gasteiger partial charge in [-0.1, -0.05) is 13.8 Å². The predicted molar refractivity (Wildman–Crippen MR) is 79.0 cm³/mol. The van der Waals surface area contributed by atoms with Crippen molar-refractivity contribution in [1.29, 1.82) is 0 Å². The van der Waals surface area contributed by atoms with Gasteiger partial charge in [-0.3, -0.25) is 4.79 Å². The molecule has 0 aliphatic carbocycles. The minimum Gasteiger partial charge on any atom is -0.399 e. The van der Waals surface area contributed by atoms with Gasteiger partial charge < -0.3 is 10.6 Å². The number of amides is 1. The Labute approximate surface area is 120 Å². The molecule has 0 saturated carbocycles. The van der Waals surface area contributed by atoms with E-state index in [-0.39, 0.29) is 11.5 Å². The number of rotatable bonds is 2. The molecule has 110 valence electrons. The van der Waals surface area contributed by atoms with Crippen molar-refractivity contribution >= 4 is 11.6 Å². The Bertz CT molecular complexity index is 505. The number of likely N-dealkylation sites (tertiary alicyclic amines) is 1. The second kappa shape index (κ2) is 5.81. The third kappa shape index (κ3) is 2.94. The van der Waals surface area contributed by atoms with E-state index in [1.807, 2.05) is 0 Å². The molecular weight excluding hydrogens is 255 g/mol. The third-order valence-electron chi connectivity index (χ3n) is 4.28. The molecule has 1 saturated heterocycles. The van der Waals surface area contributed by atoms with Gasteiger partial charge in [-0.2, -0.15) is 0 Å². The number of carbonyl (C=O) groups excluding carboxylic acids is 1. The van der Waals surface area contributed by atoms with Crippen LogP contribution in [0.4, 0.5) is 10.1 Å². The summed E-state index contributed by atoms with van der Waals surface area (Å²) in [6, 6.07) is 3.00. The lowest BCUT2D eigenvalue weighted by atomic mass is 9.86. The van der Waals surface area contributed by atoms with E-state index in [1.54, 1.807) is 17.9 Å². The Kier molecular flexibility index (Phi) is 4.31. The van der Waals surface area contributed by atoms with Crippen LogP contribution in [-0.2, 0) is 0 Å². The summed E-state index contributed by atoms with van der Waals surface area (Å²) in [6.45, 7) is 7.46. The highest BCUT2D eigenvalue weighted by molar-refractivity contribution is 5.95. The van der Waals surface area contributed by atoms with Crippen LogP contribution in [0.15, 0.2) is 12.1 Å². The molecule has 20 heavy (non-hydrogen) atoms. The largest absolute Gasteiger partial charge is 0.399 e. The van der Waals surface area contributed by atoms with E-state index in [4.69, 9.17) is 5.73 Å². The van der Waals surface area contributed by atoms with E-state index >= 15 is 0 Å². The lowest BCUT2D eigenvalue weighted by molar-refractivity contribution is 0.0663. The van der Waals surface area contributed by atoms with Crippen LogP contribution in [0.5, 0.6) is 0 Å². The van der Waals surface area contributed by atoms with Crippen LogP contribution >= 0.6 is 0 Å². The topological polar surface area (TPSA) is 46.3 Å². The highest BCUT2D eigenvalue weighted by Crippen LogP contribution is 2.26. The first-order valence-electron chi connectivity index (χ1n) is 7.25. The number of carbonyl (C=O) groups is 1. The average molecular weight is 278 g/mol. The van der Waals surface area contributed by atoms with E-state index in [9.17, 15) is 9.18 Å². The monoisotopic (exact) mass is 278 g/mol. The molecule has 3 nitrogen and oxygen atoms in total. The Morgan fingerprint density at radius 2 is 1.95 bits per heavy atom. The summed E-state index contributed by atoms with van der Waals surface area (Å²) >= 11 is 0. The summed E-state index contributed by atoms with van der Waals surface area (Å²) < 4.78 is 14.1. The Balaban J connectivity index is 2.13. The zero-order valence-corrected chi connectivity index (χ0v) is 12.4. The van der Waals surface area contributed by atoms with Crippen molar-refractivity contribution < 1.29 is 9.18 Å². The number of hydrogen-bond acceptors (Lipinski definition) is 2. The van der Waals surface area contributed by atoms with Crippen molar-refractivity contribution in [3.63, 3.8) is 0 Å². The van der Waals surface area contributed by atoms with Gasteiger partial charge in [-0.15, -0.1) is 0 Å². The highest BCUT2D eigenvalue weighted by Gasteiger charge is 2.27. The second-order valence-corrected chi connectivity index (χ2v) is 6.07. The number of nitrogen functional groups attached to an aromatic ring is 1. The van der Waals surface area contributed by atoms with Crippen molar-refractivity contribution in [2.45, 2.75) is 33.6 Å². The molecule has 4 heteroatoms. The fourth-order valence-corrected chi connectivity index (χ4v) is 2.89. The van der Waals surface area contributed by atoms with Gasteiger partial charge in [0.05, 0.1) is 5.56 Å². The highest BCUT2D eigenvalue weighted by atomic mass is 19.1. The van der Waals surface area contributed by atoms with Crippen LogP contribution < -0.4 is 5.73 Å². The predicted octanol–water partition coefficient (Wildman–Crippen LogP) is 3.22. The molecule has 0 radical (unpaired) electrons. The molecule has 0 bridgehead atoms. The first-order valence-corrected chi connectivity index (χ1v) is 7.25. The molecule has 1 aliphatic heterocycles. The molecule has 0 unspecified atom stereocenters. The van der Waals surface area contributed by atoms with Crippen molar-refractivity contribution in [2.75, 3.05) is 18.8 Å².